The average molecular weight is 197 g/mol. The molecule has 0 aliphatic carbocycles. The van der Waals surface area contributed by atoms with Gasteiger partial charge in [0.2, 0.25) is 5.91 Å². The lowest BCUT2D eigenvalue weighted by molar-refractivity contribution is -0.128. The lowest BCUT2D eigenvalue weighted by Gasteiger charge is -2.26. The molecular formula is C10H19N3O. The van der Waals surface area contributed by atoms with Gasteiger partial charge in [0.05, 0.1) is 6.04 Å². The molecule has 2 aliphatic heterocycles. The number of carbonyl (C=O) groups is 1. The number of likely N-dealkylation sites (N-methyl/N-ethyl adjacent to an activating group) is 1. The number of carbonyl (C=O) groups excluding carboxylic acids is 1. The van der Waals surface area contributed by atoms with Crippen molar-refractivity contribution in [1.29, 1.82) is 0 Å². The average Bonchev–Trinajstić information content (AvgIpc) is 2.52. The van der Waals surface area contributed by atoms with Gasteiger partial charge in [0.15, 0.2) is 0 Å². The molecule has 2 rings (SSSR count). The van der Waals surface area contributed by atoms with E-state index in [1.165, 1.54) is 12.8 Å². The first-order valence-electron chi connectivity index (χ1n) is 5.49. The van der Waals surface area contributed by atoms with E-state index < -0.39 is 0 Å². The molecule has 4 heteroatoms. The fraction of sp³-hybridized carbons (Fsp3) is 0.900. The van der Waals surface area contributed by atoms with Crippen LogP contribution in [0.4, 0.5) is 0 Å². The second-order valence-electron chi connectivity index (χ2n) is 4.31. The minimum absolute atomic E-state index is 0.0740. The van der Waals surface area contributed by atoms with Crippen molar-refractivity contribution in [2.45, 2.75) is 31.3 Å². The quantitative estimate of drug-likeness (QED) is 0.631. The van der Waals surface area contributed by atoms with E-state index in [-0.39, 0.29) is 11.9 Å². The van der Waals surface area contributed by atoms with Crippen LogP contribution in [0.2, 0.25) is 0 Å². The van der Waals surface area contributed by atoms with Crippen LogP contribution in [0.25, 0.3) is 0 Å². The summed E-state index contributed by atoms with van der Waals surface area (Å²) in [5, 5.41) is 6.79. The summed E-state index contributed by atoms with van der Waals surface area (Å²) in [7, 11) is 1.88. The van der Waals surface area contributed by atoms with Gasteiger partial charge in [-0.2, -0.15) is 0 Å². The van der Waals surface area contributed by atoms with E-state index in [4.69, 9.17) is 0 Å². The third-order valence-corrected chi connectivity index (χ3v) is 3.16. The Morgan fingerprint density at radius 1 is 1.50 bits per heavy atom. The first-order chi connectivity index (χ1) is 6.77. The Kier molecular flexibility index (Phi) is 3.03. The van der Waals surface area contributed by atoms with Crippen LogP contribution in [0, 0.1) is 0 Å². The molecule has 2 unspecified atom stereocenters. The lowest BCUT2D eigenvalue weighted by atomic mass is 10.1. The predicted octanol–water partition coefficient (Wildman–Crippen LogP) is -0.441. The fourth-order valence-electron chi connectivity index (χ4n) is 2.26. The SMILES string of the molecule is CN1CCC(NC2CCCNC2)C1=O. The molecule has 0 spiro atoms. The Bertz CT molecular complexity index is 213. The summed E-state index contributed by atoms with van der Waals surface area (Å²) in [6.07, 6.45) is 3.38. The molecule has 2 fully saturated rings. The van der Waals surface area contributed by atoms with E-state index in [0.717, 1.165) is 26.1 Å². The number of nitrogens with one attached hydrogen (secondary N) is 2. The molecule has 2 heterocycles. The number of piperidine rings is 1. The summed E-state index contributed by atoms with van der Waals surface area (Å²) in [4.78, 5) is 13.4. The predicted molar refractivity (Wildman–Crippen MR) is 55.1 cm³/mol. The van der Waals surface area contributed by atoms with Gasteiger partial charge in [0, 0.05) is 26.2 Å². The zero-order valence-corrected chi connectivity index (χ0v) is 8.75. The van der Waals surface area contributed by atoms with Crippen LogP contribution in [0.5, 0.6) is 0 Å². The third kappa shape index (κ3) is 2.07. The Balaban J connectivity index is 1.82. The number of nitrogens with zero attached hydrogens (tertiary/aromatic N) is 1. The van der Waals surface area contributed by atoms with Crippen molar-refractivity contribution in [2.24, 2.45) is 0 Å². The highest BCUT2D eigenvalue weighted by Crippen LogP contribution is 2.11. The Morgan fingerprint density at radius 2 is 2.36 bits per heavy atom. The first kappa shape index (κ1) is 9.93. The van der Waals surface area contributed by atoms with E-state index in [0.29, 0.717) is 6.04 Å². The van der Waals surface area contributed by atoms with Crippen LogP contribution in [-0.2, 0) is 4.79 Å². The lowest BCUT2D eigenvalue weighted by Crippen LogP contribution is -2.49. The van der Waals surface area contributed by atoms with E-state index in [1.54, 1.807) is 0 Å². The van der Waals surface area contributed by atoms with E-state index >= 15 is 0 Å². The fourth-order valence-corrected chi connectivity index (χ4v) is 2.26. The molecule has 0 aromatic carbocycles. The summed E-state index contributed by atoms with van der Waals surface area (Å²) in [5.41, 5.74) is 0. The van der Waals surface area contributed by atoms with E-state index in [1.807, 2.05) is 11.9 Å². The van der Waals surface area contributed by atoms with Crippen molar-refractivity contribution < 1.29 is 4.79 Å². The van der Waals surface area contributed by atoms with Gasteiger partial charge in [-0.3, -0.25) is 4.79 Å². The van der Waals surface area contributed by atoms with Gasteiger partial charge in [-0.1, -0.05) is 0 Å². The van der Waals surface area contributed by atoms with Crippen molar-refractivity contribution in [1.82, 2.24) is 15.5 Å². The van der Waals surface area contributed by atoms with Gasteiger partial charge in [-0.05, 0) is 25.8 Å². The van der Waals surface area contributed by atoms with Gasteiger partial charge in [0.1, 0.15) is 0 Å². The van der Waals surface area contributed by atoms with Crippen molar-refractivity contribution >= 4 is 5.91 Å². The second kappa shape index (κ2) is 4.28. The maximum Gasteiger partial charge on any atom is 0.239 e. The van der Waals surface area contributed by atoms with Crippen LogP contribution in [0.3, 0.4) is 0 Å². The smallest absolute Gasteiger partial charge is 0.239 e. The number of hydrogen-bond acceptors (Lipinski definition) is 3. The van der Waals surface area contributed by atoms with Gasteiger partial charge in [-0.25, -0.2) is 0 Å². The van der Waals surface area contributed by atoms with Crippen molar-refractivity contribution in [3.63, 3.8) is 0 Å². The van der Waals surface area contributed by atoms with Crippen molar-refractivity contribution in [2.75, 3.05) is 26.7 Å². The summed E-state index contributed by atoms with van der Waals surface area (Å²) in [5.74, 6) is 0.260. The molecule has 0 aromatic rings. The minimum atomic E-state index is 0.0740. The van der Waals surface area contributed by atoms with Gasteiger partial charge < -0.3 is 15.5 Å². The zero-order valence-electron chi connectivity index (χ0n) is 8.75. The number of hydrogen-bond donors (Lipinski definition) is 2. The van der Waals surface area contributed by atoms with Gasteiger partial charge in [0.25, 0.3) is 0 Å². The first-order valence-corrected chi connectivity index (χ1v) is 5.49. The zero-order chi connectivity index (χ0) is 9.97. The molecule has 0 aromatic heterocycles. The highest BCUT2D eigenvalue weighted by atomic mass is 16.2. The van der Waals surface area contributed by atoms with Crippen LogP contribution in [0.1, 0.15) is 19.3 Å². The molecule has 4 nitrogen and oxygen atoms in total. The number of rotatable bonds is 2. The monoisotopic (exact) mass is 197 g/mol. The molecule has 0 radical (unpaired) electrons. The maximum absolute atomic E-state index is 11.6. The highest BCUT2D eigenvalue weighted by molar-refractivity contribution is 5.83. The van der Waals surface area contributed by atoms with Crippen LogP contribution in [-0.4, -0.2) is 49.6 Å². The summed E-state index contributed by atoms with van der Waals surface area (Å²) >= 11 is 0. The summed E-state index contributed by atoms with van der Waals surface area (Å²) in [6, 6.07) is 0.564. The molecular weight excluding hydrogens is 178 g/mol. The summed E-state index contributed by atoms with van der Waals surface area (Å²) < 4.78 is 0. The molecule has 0 saturated carbocycles. The normalized spacial score (nSPS) is 33.8. The Hall–Kier alpha value is -0.610. The number of likely N-dealkylation sites (tertiary alicyclic amines) is 1. The van der Waals surface area contributed by atoms with E-state index in [9.17, 15) is 4.79 Å². The van der Waals surface area contributed by atoms with Crippen LogP contribution >= 0.6 is 0 Å². The summed E-state index contributed by atoms with van der Waals surface area (Å²) in [6.45, 7) is 3.03. The van der Waals surface area contributed by atoms with Crippen LogP contribution < -0.4 is 10.6 Å². The minimum Gasteiger partial charge on any atom is -0.344 e. The molecule has 2 aliphatic rings. The molecule has 1 amide bonds. The third-order valence-electron chi connectivity index (χ3n) is 3.16. The molecule has 2 atom stereocenters. The molecule has 2 saturated heterocycles. The molecule has 80 valence electrons. The largest absolute Gasteiger partial charge is 0.344 e. The topological polar surface area (TPSA) is 44.4 Å². The molecule has 2 N–H and O–H groups in total. The Labute approximate surface area is 85.0 Å². The number of amides is 1. The Morgan fingerprint density at radius 3 is 2.93 bits per heavy atom. The van der Waals surface area contributed by atoms with Crippen molar-refractivity contribution in [3.05, 3.63) is 0 Å². The van der Waals surface area contributed by atoms with Crippen LogP contribution in [0.15, 0.2) is 0 Å². The molecule has 0 bridgehead atoms. The van der Waals surface area contributed by atoms with E-state index in [2.05, 4.69) is 10.6 Å². The van der Waals surface area contributed by atoms with Gasteiger partial charge >= 0.3 is 0 Å². The standard InChI is InChI=1S/C10H19N3O/c1-13-6-4-9(10(13)14)12-8-3-2-5-11-7-8/h8-9,11-12H,2-7H2,1H3. The second-order valence-corrected chi connectivity index (χ2v) is 4.31. The highest BCUT2D eigenvalue weighted by Gasteiger charge is 2.30. The maximum atomic E-state index is 11.6. The van der Waals surface area contributed by atoms with Gasteiger partial charge in [-0.15, -0.1) is 0 Å². The molecule has 14 heavy (non-hydrogen) atoms. The van der Waals surface area contributed by atoms with Crippen molar-refractivity contribution in [3.8, 4) is 0 Å².